The molecule has 0 aliphatic heterocycles. The Bertz CT molecular complexity index is 1110. The summed E-state index contributed by atoms with van der Waals surface area (Å²) in [5, 5.41) is 5.97. The van der Waals surface area contributed by atoms with Gasteiger partial charge in [0.15, 0.2) is 5.13 Å². The quantitative estimate of drug-likeness (QED) is 0.550. The standard InChI is InChI=1S/C18H14N4O2S2/c19-14-13-12(11-5-2-7-24-11)9-3-1-4-10(9)21-17(13)26-15(14)16(23)22-18-20-6-8-25-18/h2,5-8H,1,3-4,19H2,(H,20,22,23). The van der Waals surface area contributed by atoms with Crippen LogP contribution >= 0.6 is 22.7 Å². The molecule has 0 saturated heterocycles. The molecule has 0 spiro atoms. The monoisotopic (exact) mass is 382 g/mol. The van der Waals surface area contributed by atoms with Crippen LogP contribution < -0.4 is 11.1 Å². The minimum atomic E-state index is -0.258. The molecule has 5 rings (SSSR count). The Morgan fingerprint density at radius 2 is 2.27 bits per heavy atom. The van der Waals surface area contributed by atoms with Crippen LogP contribution in [0, 0.1) is 0 Å². The fraction of sp³-hybridized carbons (Fsp3) is 0.167. The fourth-order valence-corrected chi connectivity index (χ4v) is 4.99. The van der Waals surface area contributed by atoms with Crippen molar-refractivity contribution in [3.8, 4) is 11.3 Å². The molecule has 3 N–H and O–H groups in total. The molecule has 4 aromatic heterocycles. The van der Waals surface area contributed by atoms with Gasteiger partial charge in [-0.15, -0.1) is 22.7 Å². The summed E-state index contributed by atoms with van der Waals surface area (Å²) >= 11 is 2.69. The molecular formula is C18H14N4O2S2. The van der Waals surface area contributed by atoms with Gasteiger partial charge in [0.2, 0.25) is 0 Å². The fourth-order valence-electron chi connectivity index (χ4n) is 3.45. The number of anilines is 2. The summed E-state index contributed by atoms with van der Waals surface area (Å²) in [4.78, 5) is 22.8. The van der Waals surface area contributed by atoms with Crippen LogP contribution in [0.3, 0.4) is 0 Å². The first-order valence-electron chi connectivity index (χ1n) is 8.21. The first-order chi connectivity index (χ1) is 12.7. The topological polar surface area (TPSA) is 94.0 Å². The second-order valence-electron chi connectivity index (χ2n) is 6.06. The third-order valence-electron chi connectivity index (χ3n) is 4.53. The molecule has 4 heterocycles. The Hall–Kier alpha value is -2.71. The number of hydrogen-bond acceptors (Lipinski definition) is 7. The van der Waals surface area contributed by atoms with Crippen LogP contribution in [-0.4, -0.2) is 15.9 Å². The highest BCUT2D eigenvalue weighted by Gasteiger charge is 2.27. The molecule has 1 amide bonds. The zero-order chi connectivity index (χ0) is 17.7. The van der Waals surface area contributed by atoms with Gasteiger partial charge in [0.25, 0.3) is 5.91 Å². The minimum Gasteiger partial charge on any atom is -0.464 e. The van der Waals surface area contributed by atoms with Gasteiger partial charge in [-0.1, -0.05) is 0 Å². The summed E-state index contributed by atoms with van der Waals surface area (Å²) in [6.07, 6.45) is 6.27. The van der Waals surface area contributed by atoms with Gasteiger partial charge < -0.3 is 10.2 Å². The van der Waals surface area contributed by atoms with Gasteiger partial charge in [-0.2, -0.15) is 0 Å². The molecule has 0 saturated carbocycles. The number of nitrogens with one attached hydrogen (secondary N) is 1. The summed E-state index contributed by atoms with van der Waals surface area (Å²) < 4.78 is 5.68. The first-order valence-corrected chi connectivity index (χ1v) is 9.90. The van der Waals surface area contributed by atoms with E-state index in [9.17, 15) is 4.79 Å². The lowest BCUT2D eigenvalue weighted by atomic mass is 10.0. The predicted molar refractivity (Wildman–Crippen MR) is 104 cm³/mol. The van der Waals surface area contributed by atoms with Crippen LogP contribution in [0.5, 0.6) is 0 Å². The zero-order valence-electron chi connectivity index (χ0n) is 13.6. The molecule has 0 radical (unpaired) electrons. The number of aryl methyl sites for hydroxylation is 1. The number of aromatic nitrogens is 2. The molecule has 1 aliphatic rings. The van der Waals surface area contributed by atoms with E-state index < -0.39 is 0 Å². The Labute approximate surface area is 156 Å². The van der Waals surface area contributed by atoms with Gasteiger partial charge in [-0.3, -0.25) is 10.1 Å². The number of hydrogen-bond donors (Lipinski definition) is 2. The lowest BCUT2D eigenvalue weighted by molar-refractivity contribution is 0.103. The van der Waals surface area contributed by atoms with Crippen LogP contribution in [-0.2, 0) is 12.8 Å². The third kappa shape index (κ3) is 2.33. The number of nitrogens with two attached hydrogens (primary N) is 1. The Kier molecular flexibility index (Phi) is 3.54. The first kappa shape index (κ1) is 15.5. The average molecular weight is 382 g/mol. The number of nitrogen functional groups attached to an aromatic ring is 1. The molecule has 0 aromatic carbocycles. The summed E-state index contributed by atoms with van der Waals surface area (Å²) in [5.74, 6) is 0.512. The smallest absolute Gasteiger partial charge is 0.269 e. The number of carbonyl (C=O) groups is 1. The Balaban J connectivity index is 1.71. The molecule has 0 fully saturated rings. The Morgan fingerprint density at radius 3 is 3.04 bits per heavy atom. The second kappa shape index (κ2) is 5.93. The van der Waals surface area contributed by atoms with Crippen LogP contribution in [0.15, 0.2) is 34.4 Å². The number of pyridine rings is 1. The van der Waals surface area contributed by atoms with Gasteiger partial charge >= 0.3 is 0 Å². The molecule has 130 valence electrons. The van der Waals surface area contributed by atoms with E-state index in [1.165, 1.54) is 28.2 Å². The molecule has 0 bridgehead atoms. The van der Waals surface area contributed by atoms with Gasteiger partial charge in [0.1, 0.15) is 15.5 Å². The van der Waals surface area contributed by atoms with Gasteiger partial charge in [-0.05, 0) is 37.0 Å². The SMILES string of the molecule is Nc1c(C(=O)Nc2nccs2)sc2nc3c(c(-c4ccco4)c12)CCC3. The van der Waals surface area contributed by atoms with Crippen molar-refractivity contribution in [3.05, 3.63) is 46.1 Å². The number of carbonyl (C=O) groups excluding carboxylic acids is 1. The van der Waals surface area contributed by atoms with Crippen molar-refractivity contribution in [2.24, 2.45) is 0 Å². The number of thiazole rings is 1. The van der Waals surface area contributed by atoms with E-state index in [2.05, 4.69) is 10.3 Å². The number of nitrogens with zero attached hydrogens (tertiary/aromatic N) is 2. The second-order valence-corrected chi connectivity index (χ2v) is 7.95. The van der Waals surface area contributed by atoms with Gasteiger partial charge in [0, 0.05) is 28.2 Å². The van der Waals surface area contributed by atoms with Crippen molar-refractivity contribution in [3.63, 3.8) is 0 Å². The molecule has 8 heteroatoms. The van der Waals surface area contributed by atoms with E-state index in [0.717, 1.165) is 46.5 Å². The summed E-state index contributed by atoms with van der Waals surface area (Å²) in [5.41, 5.74) is 10.1. The number of amides is 1. The van der Waals surface area contributed by atoms with E-state index in [-0.39, 0.29) is 5.91 Å². The highest BCUT2D eigenvalue weighted by Crippen LogP contribution is 2.44. The Morgan fingerprint density at radius 1 is 1.35 bits per heavy atom. The summed E-state index contributed by atoms with van der Waals surface area (Å²) in [6, 6.07) is 3.79. The number of fused-ring (bicyclic) bond motifs is 2. The molecule has 0 unspecified atom stereocenters. The van der Waals surface area contributed by atoms with Gasteiger partial charge in [0.05, 0.1) is 12.0 Å². The highest BCUT2D eigenvalue weighted by molar-refractivity contribution is 7.21. The lowest BCUT2D eigenvalue weighted by Crippen LogP contribution is -2.11. The van der Waals surface area contributed by atoms with E-state index in [0.29, 0.717) is 15.7 Å². The lowest BCUT2D eigenvalue weighted by Gasteiger charge is -2.08. The van der Waals surface area contributed by atoms with Crippen molar-refractivity contribution in [1.82, 2.24) is 9.97 Å². The predicted octanol–water partition coefficient (Wildman–Crippen LogP) is 4.34. The van der Waals surface area contributed by atoms with Crippen molar-refractivity contribution in [1.29, 1.82) is 0 Å². The van der Waals surface area contributed by atoms with Crippen molar-refractivity contribution in [2.45, 2.75) is 19.3 Å². The summed E-state index contributed by atoms with van der Waals surface area (Å²) in [7, 11) is 0. The van der Waals surface area contributed by atoms with Crippen molar-refractivity contribution in [2.75, 3.05) is 11.1 Å². The van der Waals surface area contributed by atoms with E-state index in [4.69, 9.17) is 15.1 Å². The van der Waals surface area contributed by atoms with E-state index in [1.54, 1.807) is 12.5 Å². The maximum absolute atomic E-state index is 12.7. The minimum absolute atomic E-state index is 0.258. The normalized spacial score (nSPS) is 13.2. The number of thiophene rings is 1. The third-order valence-corrected chi connectivity index (χ3v) is 6.32. The van der Waals surface area contributed by atoms with Crippen molar-refractivity contribution < 1.29 is 9.21 Å². The van der Waals surface area contributed by atoms with E-state index in [1.807, 2.05) is 17.5 Å². The molecule has 26 heavy (non-hydrogen) atoms. The van der Waals surface area contributed by atoms with Crippen LogP contribution in [0.1, 0.15) is 27.3 Å². The number of rotatable bonds is 3. The van der Waals surface area contributed by atoms with Gasteiger partial charge in [-0.25, -0.2) is 9.97 Å². The van der Waals surface area contributed by atoms with Crippen LogP contribution in [0.2, 0.25) is 0 Å². The summed E-state index contributed by atoms with van der Waals surface area (Å²) in [6.45, 7) is 0. The molecular weight excluding hydrogens is 368 g/mol. The zero-order valence-corrected chi connectivity index (χ0v) is 15.2. The van der Waals surface area contributed by atoms with Crippen molar-refractivity contribution >= 4 is 49.6 Å². The largest absolute Gasteiger partial charge is 0.464 e. The van der Waals surface area contributed by atoms with E-state index >= 15 is 0 Å². The molecule has 0 atom stereocenters. The molecule has 1 aliphatic carbocycles. The van der Waals surface area contributed by atoms with Crippen LogP contribution in [0.4, 0.5) is 10.8 Å². The van der Waals surface area contributed by atoms with Crippen LogP contribution in [0.25, 0.3) is 21.5 Å². The molecule has 6 nitrogen and oxygen atoms in total. The maximum atomic E-state index is 12.7. The molecule has 4 aromatic rings. The highest BCUT2D eigenvalue weighted by atomic mass is 32.1. The average Bonchev–Trinajstić information content (AvgIpc) is 3.41. The number of furan rings is 1. The maximum Gasteiger partial charge on any atom is 0.269 e.